The van der Waals surface area contributed by atoms with Gasteiger partial charge in [-0.2, -0.15) is 0 Å². The Morgan fingerprint density at radius 1 is 1.22 bits per heavy atom. The Morgan fingerprint density at radius 3 is 2.67 bits per heavy atom. The predicted molar refractivity (Wildman–Crippen MR) is 75.1 cm³/mol. The van der Waals surface area contributed by atoms with Gasteiger partial charge in [-0.3, -0.25) is 0 Å². The van der Waals surface area contributed by atoms with Crippen LogP contribution in [0.25, 0.3) is 0 Å². The van der Waals surface area contributed by atoms with E-state index in [9.17, 15) is 0 Å². The van der Waals surface area contributed by atoms with Gasteiger partial charge in [0, 0.05) is 23.7 Å². The largest absolute Gasteiger partial charge is 0.491 e. The lowest BCUT2D eigenvalue weighted by atomic mass is 10.1. The van der Waals surface area contributed by atoms with Crippen molar-refractivity contribution in [3.8, 4) is 5.75 Å². The molecule has 0 saturated heterocycles. The first-order chi connectivity index (χ1) is 8.65. The van der Waals surface area contributed by atoms with Crippen molar-refractivity contribution in [2.75, 3.05) is 19.8 Å². The second-order valence-corrected chi connectivity index (χ2v) is 4.97. The summed E-state index contributed by atoms with van der Waals surface area (Å²) in [5.74, 6) is 1.42. The highest BCUT2D eigenvalue weighted by Gasteiger charge is 2.06. The highest BCUT2D eigenvalue weighted by molar-refractivity contribution is 6.31. The number of hydrogen-bond acceptors (Lipinski definition) is 3. The van der Waals surface area contributed by atoms with Gasteiger partial charge in [-0.05, 0) is 24.5 Å². The van der Waals surface area contributed by atoms with E-state index < -0.39 is 0 Å². The van der Waals surface area contributed by atoms with Crippen molar-refractivity contribution in [2.45, 2.75) is 26.8 Å². The van der Waals surface area contributed by atoms with Crippen LogP contribution in [0.5, 0.6) is 5.75 Å². The summed E-state index contributed by atoms with van der Waals surface area (Å²) in [6.45, 7) is 6.62. The minimum Gasteiger partial charge on any atom is -0.491 e. The molecule has 0 heterocycles. The smallest absolute Gasteiger partial charge is 0.125 e. The van der Waals surface area contributed by atoms with Gasteiger partial charge in [0.2, 0.25) is 0 Å². The monoisotopic (exact) mass is 271 g/mol. The van der Waals surface area contributed by atoms with Crippen molar-refractivity contribution in [3.63, 3.8) is 0 Å². The number of halogens is 1. The van der Waals surface area contributed by atoms with Crippen LogP contribution in [0, 0.1) is 5.92 Å². The van der Waals surface area contributed by atoms with Gasteiger partial charge in [0.05, 0.1) is 6.61 Å². The highest BCUT2D eigenvalue weighted by atomic mass is 35.5. The van der Waals surface area contributed by atoms with Crippen molar-refractivity contribution in [1.29, 1.82) is 0 Å². The van der Waals surface area contributed by atoms with E-state index >= 15 is 0 Å². The molecule has 0 unspecified atom stereocenters. The first kappa shape index (κ1) is 15.3. The van der Waals surface area contributed by atoms with Crippen molar-refractivity contribution >= 4 is 11.6 Å². The fourth-order valence-corrected chi connectivity index (χ4v) is 1.75. The maximum Gasteiger partial charge on any atom is 0.125 e. The number of hydrogen-bond donors (Lipinski definition) is 1. The summed E-state index contributed by atoms with van der Waals surface area (Å²) >= 11 is 6.04. The standard InChI is InChI=1S/C14H22ClNO2/c1-11(2)6-7-17-8-9-18-14-5-3-4-13(15)12(14)10-16/h3-5,11H,6-10,16H2,1-2H3. The van der Waals surface area contributed by atoms with Gasteiger partial charge < -0.3 is 15.2 Å². The van der Waals surface area contributed by atoms with E-state index in [0.717, 1.165) is 24.3 Å². The zero-order valence-electron chi connectivity index (χ0n) is 11.1. The highest BCUT2D eigenvalue weighted by Crippen LogP contribution is 2.25. The van der Waals surface area contributed by atoms with E-state index in [1.165, 1.54) is 0 Å². The Labute approximate surface area is 114 Å². The first-order valence-electron chi connectivity index (χ1n) is 6.33. The van der Waals surface area contributed by atoms with Crippen LogP contribution in [0.15, 0.2) is 18.2 Å². The first-order valence-corrected chi connectivity index (χ1v) is 6.71. The van der Waals surface area contributed by atoms with Gasteiger partial charge in [0.25, 0.3) is 0 Å². The van der Waals surface area contributed by atoms with Crippen LogP contribution in [0.4, 0.5) is 0 Å². The maximum atomic E-state index is 6.04. The van der Waals surface area contributed by atoms with Gasteiger partial charge in [0.1, 0.15) is 12.4 Å². The van der Waals surface area contributed by atoms with Gasteiger partial charge >= 0.3 is 0 Å². The van der Waals surface area contributed by atoms with Gasteiger partial charge in [-0.25, -0.2) is 0 Å². The molecule has 0 aromatic heterocycles. The van der Waals surface area contributed by atoms with E-state index in [2.05, 4.69) is 13.8 Å². The minimum absolute atomic E-state index is 0.378. The molecule has 0 aliphatic carbocycles. The predicted octanol–water partition coefficient (Wildman–Crippen LogP) is 3.24. The molecule has 0 spiro atoms. The van der Waals surface area contributed by atoms with Crippen LogP contribution in [0.2, 0.25) is 5.02 Å². The average molecular weight is 272 g/mol. The third-order valence-corrected chi connectivity index (χ3v) is 2.96. The fraction of sp³-hybridized carbons (Fsp3) is 0.571. The average Bonchev–Trinajstić information content (AvgIpc) is 2.33. The molecule has 3 nitrogen and oxygen atoms in total. The van der Waals surface area contributed by atoms with E-state index in [4.69, 9.17) is 26.8 Å². The fourth-order valence-electron chi connectivity index (χ4n) is 1.50. The Balaban J connectivity index is 2.29. The van der Waals surface area contributed by atoms with Crippen LogP contribution in [-0.2, 0) is 11.3 Å². The van der Waals surface area contributed by atoms with E-state index in [1.54, 1.807) is 0 Å². The molecule has 18 heavy (non-hydrogen) atoms. The third kappa shape index (κ3) is 5.25. The Bertz CT molecular complexity index is 356. The Morgan fingerprint density at radius 2 is 2.00 bits per heavy atom. The maximum absolute atomic E-state index is 6.04. The Kier molecular flexibility index (Phi) is 7.09. The molecule has 1 aromatic carbocycles. The SMILES string of the molecule is CC(C)CCOCCOc1cccc(Cl)c1CN. The van der Waals surface area contributed by atoms with Gasteiger partial charge in [-0.1, -0.05) is 31.5 Å². The molecular formula is C14H22ClNO2. The topological polar surface area (TPSA) is 44.5 Å². The molecule has 0 aliphatic rings. The second-order valence-electron chi connectivity index (χ2n) is 4.56. The van der Waals surface area contributed by atoms with E-state index in [-0.39, 0.29) is 0 Å². The quantitative estimate of drug-likeness (QED) is 0.738. The zero-order valence-corrected chi connectivity index (χ0v) is 11.9. The summed E-state index contributed by atoms with van der Waals surface area (Å²) in [4.78, 5) is 0. The summed E-state index contributed by atoms with van der Waals surface area (Å²) in [5, 5.41) is 0.649. The molecule has 0 amide bonds. The number of benzene rings is 1. The summed E-state index contributed by atoms with van der Waals surface area (Å²) in [6.07, 6.45) is 1.07. The molecule has 4 heteroatoms. The molecule has 0 aliphatic heterocycles. The molecule has 0 atom stereocenters. The third-order valence-electron chi connectivity index (χ3n) is 2.60. The lowest BCUT2D eigenvalue weighted by Crippen LogP contribution is -2.10. The minimum atomic E-state index is 0.378. The van der Waals surface area contributed by atoms with E-state index in [0.29, 0.717) is 30.7 Å². The van der Waals surface area contributed by atoms with Crippen LogP contribution >= 0.6 is 11.6 Å². The summed E-state index contributed by atoms with van der Waals surface area (Å²) < 4.78 is 11.1. The number of ether oxygens (including phenoxy) is 2. The number of nitrogens with two attached hydrogens (primary N) is 1. The van der Waals surface area contributed by atoms with E-state index in [1.807, 2.05) is 18.2 Å². The van der Waals surface area contributed by atoms with Crippen LogP contribution in [-0.4, -0.2) is 19.8 Å². The lowest BCUT2D eigenvalue weighted by Gasteiger charge is -2.12. The van der Waals surface area contributed by atoms with Crippen LogP contribution in [0.1, 0.15) is 25.8 Å². The van der Waals surface area contributed by atoms with Crippen molar-refractivity contribution in [1.82, 2.24) is 0 Å². The summed E-state index contributed by atoms with van der Waals surface area (Å²) in [7, 11) is 0. The van der Waals surface area contributed by atoms with Gasteiger partial charge in [-0.15, -0.1) is 0 Å². The molecule has 1 rings (SSSR count). The summed E-state index contributed by atoms with van der Waals surface area (Å²) in [6, 6.07) is 5.55. The lowest BCUT2D eigenvalue weighted by molar-refractivity contribution is 0.0923. The molecule has 102 valence electrons. The second kappa shape index (κ2) is 8.35. The zero-order chi connectivity index (χ0) is 13.4. The van der Waals surface area contributed by atoms with Crippen molar-refractivity contribution < 1.29 is 9.47 Å². The molecule has 1 aromatic rings. The molecule has 2 N–H and O–H groups in total. The Hall–Kier alpha value is -0.770. The van der Waals surface area contributed by atoms with Gasteiger partial charge in [0.15, 0.2) is 0 Å². The summed E-state index contributed by atoms with van der Waals surface area (Å²) in [5.41, 5.74) is 6.49. The number of rotatable bonds is 8. The molecule has 0 radical (unpaired) electrons. The molecule has 0 saturated carbocycles. The van der Waals surface area contributed by atoms with Crippen LogP contribution < -0.4 is 10.5 Å². The van der Waals surface area contributed by atoms with Crippen molar-refractivity contribution in [2.24, 2.45) is 11.7 Å². The molecule has 0 fully saturated rings. The molecular weight excluding hydrogens is 250 g/mol. The molecule has 0 bridgehead atoms. The van der Waals surface area contributed by atoms with Crippen LogP contribution in [0.3, 0.4) is 0 Å². The van der Waals surface area contributed by atoms with Crippen molar-refractivity contribution in [3.05, 3.63) is 28.8 Å². The normalized spacial score (nSPS) is 10.9.